The Balaban J connectivity index is 2.59. The number of rotatable bonds is 8. The monoisotopic (exact) mass is 260 g/mol. The van der Waals surface area contributed by atoms with Crippen molar-refractivity contribution < 1.29 is 15.3 Å². The minimum Gasteiger partial charge on any atom is -0.395 e. The predicted molar refractivity (Wildman–Crippen MR) is 65.8 cm³/mol. The van der Waals surface area contributed by atoms with Gasteiger partial charge in [0.2, 0.25) is 0 Å². The molecule has 1 heterocycles. The van der Waals surface area contributed by atoms with Crippen LogP contribution >= 0.6 is 0 Å². The molecule has 9 heteroatoms. The van der Waals surface area contributed by atoms with Crippen LogP contribution in [0.1, 0.15) is 0 Å². The van der Waals surface area contributed by atoms with Crippen LogP contribution in [0.15, 0.2) is 16.9 Å². The fraction of sp³-hybridized carbons (Fsp3) is 0.667. The Bertz CT molecular complexity index is 296. The van der Waals surface area contributed by atoms with E-state index in [-0.39, 0.29) is 19.8 Å². The molecule has 0 amide bonds. The molecule has 0 aromatic carbocycles. The molecule has 0 fully saturated rings. The van der Waals surface area contributed by atoms with Crippen molar-refractivity contribution in [3.63, 3.8) is 0 Å². The first-order valence-corrected chi connectivity index (χ1v) is 5.69. The summed E-state index contributed by atoms with van der Waals surface area (Å²) in [7, 11) is 0. The lowest BCUT2D eigenvalue weighted by molar-refractivity contribution is 0.0776. The second kappa shape index (κ2) is 8.66. The van der Waals surface area contributed by atoms with Gasteiger partial charge in [0.05, 0.1) is 26.4 Å². The number of aliphatic hydroxyl groups is 3. The van der Waals surface area contributed by atoms with Gasteiger partial charge in [0.1, 0.15) is 11.7 Å². The Morgan fingerprint density at radius 3 is 2.56 bits per heavy atom. The Labute approximate surface area is 105 Å². The van der Waals surface area contributed by atoms with Crippen LogP contribution in [0.5, 0.6) is 0 Å². The smallest absolute Gasteiger partial charge is 0.141 e. The third-order valence-electron chi connectivity index (χ3n) is 1.93. The number of aliphatic imine (C=N–C) groups is 1. The van der Waals surface area contributed by atoms with E-state index in [1.54, 1.807) is 6.08 Å². The Morgan fingerprint density at radius 2 is 1.89 bits per heavy atom. The van der Waals surface area contributed by atoms with E-state index in [9.17, 15) is 0 Å². The molecule has 0 aliphatic carbocycles. The van der Waals surface area contributed by atoms with E-state index in [1.165, 1.54) is 5.23 Å². The second-order valence-electron chi connectivity index (χ2n) is 3.39. The summed E-state index contributed by atoms with van der Waals surface area (Å²) in [5, 5.41) is 30.6. The Hall–Kier alpha value is -1.39. The summed E-state index contributed by atoms with van der Waals surface area (Å²) in [6.45, 7) is 1.03. The zero-order valence-corrected chi connectivity index (χ0v) is 10.1. The highest BCUT2D eigenvalue weighted by Crippen LogP contribution is 1.93. The van der Waals surface area contributed by atoms with Crippen LogP contribution in [-0.4, -0.2) is 65.8 Å². The number of hydrogen-bond acceptors (Lipinski definition) is 8. The molecule has 9 nitrogen and oxygen atoms in total. The molecule has 1 rings (SSSR count). The summed E-state index contributed by atoms with van der Waals surface area (Å²) in [4.78, 5) is 4.11. The van der Waals surface area contributed by atoms with Gasteiger partial charge in [-0.3, -0.25) is 15.8 Å². The van der Waals surface area contributed by atoms with Crippen LogP contribution in [-0.2, 0) is 0 Å². The maximum Gasteiger partial charge on any atom is 0.141 e. The van der Waals surface area contributed by atoms with Crippen molar-refractivity contribution in [2.24, 2.45) is 4.99 Å². The van der Waals surface area contributed by atoms with Crippen molar-refractivity contribution in [2.75, 3.05) is 39.5 Å². The fourth-order valence-corrected chi connectivity index (χ4v) is 1.24. The molecule has 0 atom stereocenters. The highest BCUT2D eigenvalue weighted by atomic mass is 16.3. The van der Waals surface area contributed by atoms with Gasteiger partial charge in [0.15, 0.2) is 0 Å². The molecule has 1 aliphatic rings. The van der Waals surface area contributed by atoms with Crippen LogP contribution in [0, 0.1) is 0 Å². The van der Waals surface area contributed by atoms with Gasteiger partial charge in [-0.15, -0.1) is 0 Å². The van der Waals surface area contributed by atoms with E-state index in [1.807, 2.05) is 0 Å². The number of hydrazine groups is 3. The molecule has 7 N–H and O–H groups in total. The molecular formula is C9H20N6O3. The van der Waals surface area contributed by atoms with Crippen molar-refractivity contribution in [1.82, 2.24) is 26.8 Å². The summed E-state index contributed by atoms with van der Waals surface area (Å²) in [6.07, 6.45) is 1.71. The van der Waals surface area contributed by atoms with E-state index in [4.69, 9.17) is 15.3 Å². The van der Waals surface area contributed by atoms with E-state index >= 15 is 0 Å². The number of aliphatic hydroxyl groups excluding tert-OH is 3. The van der Waals surface area contributed by atoms with Crippen molar-refractivity contribution in [2.45, 2.75) is 0 Å². The van der Waals surface area contributed by atoms with Crippen LogP contribution in [0.3, 0.4) is 0 Å². The van der Waals surface area contributed by atoms with Gasteiger partial charge in [0, 0.05) is 19.2 Å². The second-order valence-corrected chi connectivity index (χ2v) is 3.39. The first-order chi connectivity index (χ1) is 8.80. The first-order valence-electron chi connectivity index (χ1n) is 5.69. The van der Waals surface area contributed by atoms with Gasteiger partial charge in [-0.1, -0.05) is 5.23 Å². The fourth-order valence-electron chi connectivity index (χ4n) is 1.24. The molecule has 0 aromatic heterocycles. The molecule has 0 aromatic rings. The number of hydrogen-bond donors (Lipinski definition) is 7. The van der Waals surface area contributed by atoms with Crippen LogP contribution < -0.4 is 21.6 Å². The topological polar surface area (TPSA) is 124 Å². The normalized spacial score (nSPS) is 18.2. The van der Waals surface area contributed by atoms with E-state index in [0.29, 0.717) is 31.3 Å². The molecule has 0 spiro atoms. The lowest BCUT2D eigenvalue weighted by atomic mass is 10.4. The molecule has 0 bridgehead atoms. The minimum atomic E-state index is -0.0318. The molecule has 0 unspecified atom stereocenters. The summed E-state index contributed by atoms with van der Waals surface area (Å²) in [5.74, 6) is 1.19. The lowest BCUT2D eigenvalue weighted by Gasteiger charge is -2.31. The number of nitrogens with one attached hydrogen (secondary N) is 4. The van der Waals surface area contributed by atoms with Crippen molar-refractivity contribution in [3.8, 4) is 0 Å². The molecule has 1 aliphatic heterocycles. The summed E-state index contributed by atoms with van der Waals surface area (Å²) < 4.78 is 0. The average Bonchev–Trinajstić information content (AvgIpc) is 2.40. The summed E-state index contributed by atoms with van der Waals surface area (Å²) >= 11 is 0. The highest BCUT2D eigenvalue weighted by molar-refractivity contribution is 5.93. The van der Waals surface area contributed by atoms with E-state index in [2.05, 4.69) is 26.6 Å². The average molecular weight is 260 g/mol. The van der Waals surface area contributed by atoms with Gasteiger partial charge < -0.3 is 20.6 Å². The lowest BCUT2D eigenvalue weighted by Crippen LogP contribution is -2.62. The van der Waals surface area contributed by atoms with Crippen LogP contribution in [0.25, 0.3) is 0 Å². The quantitative estimate of drug-likeness (QED) is 0.241. The molecule has 104 valence electrons. The predicted octanol–water partition coefficient (Wildman–Crippen LogP) is -3.38. The largest absolute Gasteiger partial charge is 0.395 e. The van der Waals surface area contributed by atoms with Gasteiger partial charge in [-0.25, -0.2) is 5.43 Å². The van der Waals surface area contributed by atoms with Crippen molar-refractivity contribution in [3.05, 3.63) is 11.9 Å². The van der Waals surface area contributed by atoms with Crippen molar-refractivity contribution in [1.29, 1.82) is 0 Å². The first kappa shape index (κ1) is 14.7. The van der Waals surface area contributed by atoms with Crippen LogP contribution in [0.2, 0.25) is 0 Å². The number of amidine groups is 1. The van der Waals surface area contributed by atoms with Crippen molar-refractivity contribution >= 4 is 5.84 Å². The zero-order chi connectivity index (χ0) is 13.2. The maximum absolute atomic E-state index is 8.75. The number of nitrogens with zero attached hydrogens (tertiary/aromatic N) is 2. The SMILES string of the molecule is OCCN=C1C=C(NCCO)NN(NCCO)N1. The molecule has 0 saturated heterocycles. The van der Waals surface area contributed by atoms with Gasteiger partial charge in [0.25, 0.3) is 0 Å². The zero-order valence-electron chi connectivity index (χ0n) is 10.1. The third kappa shape index (κ3) is 5.29. The Kier molecular flexibility index (Phi) is 7.06. The van der Waals surface area contributed by atoms with Gasteiger partial charge in [-0.2, -0.15) is 0 Å². The minimum absolute atomic E-state index is 0.00784. The van der Waals surface area contributed by atoms with E-state index in [0.717, 1.165) is 0 Å². The maximum atomic E-state index is 8.75. The standard InChI is InChI=1S/C9H20N6O3/c16-4-1-10-8-7-9(11-2-5-17)14-15(13-8)12-3-6-18/h7,10,12-13,16-18H,1-6H2,(H,11,14). The van der Waals surface area contributed by atoms with Gasteiger partial charge in [-0.05, 0) is 0 Å². The summed E-state index contributed by atoms with van der Waals surface area (Å²) in [5.41, 5.74) is 8.67. The molecular weight excluding hydrogens is 240 g/mol. The molecule has 18 heavy (non-hydrogen) atoms. The Morgan fingerprint density at radius 1 is 1.11 bits per heavy atom. The summed E-state index contributed by atoms with van der Waals surface area (Å²) in [6, 6.07) is 0. The van der Waals surface area contributed by atoms with E-state index < -0.39 is 0 Å². The third-order valence-corrected chi connectivity index (χ3v) is 1.93. The molecule has 0 saturated carbocycles. The molecule has 0 radical (unpaired) electrons. The highest BCUT2D eigenvalue weighted by Gasteiger charge is 2.13. The van der Waals surface area contributed by atoms with Crippen LogP contribution in [0.4, 0.5) is 0 Å². The van der Waals surface area contributed by atoms with Gasteiger partial charge >= 0.3 is 0 Å².